The van der Waals surface area contributed by atoms with Gasteiger partial charge in [-0.2, -0.15) is 5.26 Å². The molecule has 1 aromatic carbocycles. The summed E-state index contributed by atoms with van der Waals surface area (Å²) in [6.45, 7) is 0.531. The number of hydrogen-bond acceptors (Lipinski definition) is 9. The van der Waals surface area contributed by atoms with E-state index in [9.17, 15) is 5.26 Å². The van der Waals surface area contributed by atoms with E-state index in [0.29, 0.717) is 51.6 Å². The summed E-state index contributed by atoms with van der Waals surface area (Å²) in [5, 5.41) is 18.4. The number of ether oxygens (including phenoxy) is 1. The molecular formula is C20H15N7OS. The highest BCUT2D eigenvalue weighted by Gasteiger charge is 2.15. The molecule has 9 heteroatoms. The van der Waals surface area contributed by atoms with Crippen LogP contribution in [0.3, 0.4) is 0 Å². The Morgan fingerprint density at radius 2 is 1.93 bits per heavy atom. The van der Waals surface area contributed by atoms with Gasteiger partial charge in [-0.15, -0.1) is 5.10 Å². The first-order valence-corrected chi connectivity index (χ1v) is 9.57. The summed E-state index contributed by atoms with van der Waals surface area (Å²) in [5.41, 5.74) is 8.35. The number of aromatic nitrogens is 5. The van der Waals surface area contributed by atoms with Crippen LogP contribution in [0.4, 0.5) is 0 Å². The van der Waals surface area contributed by atoms with E-state index in [1.54, 1.807) is 36.8 Å². The van der Waals surface area contributed by atoms with Crippen molar-refractivity contribution in [3.63, 3.8) is 0 Å². The fraction of sp³-hybridized carbons (Fsp3) is 0.100. The fourth-order valence-electron chi connectivity index (χ4n) is 2.59. The molecule has 0 fully saturated rings. The Kier molecular flexibility index (Phi) is 5.47. The number of benzene rings is 1. The first-order valence-electron chi connectivity index (χ1n) is 8.75. The van der Waals surface area contributed by atoms with Crippen LogP contribution < -0.4 is 10.5 Å². The van der Waals surface area contributed by atoms with Gasteiger partial charge in [-0.05, 0) is 48.9 Å². The number of nitrogens with zero attached hydrogens (tertiary/aromatic N) is 6. The molecule has 4 rings (SSSR count). The van der Waals surface area contributed by atoms with Crippen LogP contribution in [-0.4, -0.2) is 31.7 Å². The Labute approximate surface area is 170 Å². The molecule has 0 bridgehead atoms. The molecule has 0 unspecified atom stereocenters. The molecule has 8 nitrogen and oxygen atoms in total. The third kappa shape index (κ3) is 4.24. The van der Waals surface area contributed by atoms with E-state index < -0.39 is 0 Å². The van der Waals surface area contributed by atoms with Crippen molar-refractivity contribution in [2.24, 2.45) is 5.73 Å². The summed E-state index contributed by atoms with van der Waals surface area (Å²) in [5.74, 6) is 0.916. The second kappa shape index (κ2) is 8.52. The number of rotatable bonds is 6. The molecule has 3 aromatic heterocycles. The molecule has 0 aliphatic rings. The maximum absolute atomic E-state index is 9.26. The van der Waals surface area contributed by atoms with Gasteiger partial charge in [-0.1, -0.05) is 22.5 Å². The van der Waals surface area contributed by atoms with Gasteiger partial charge in [0.1, 0.15) is 11.4 Å². The van der Waals surface area contributed by atoms with Crippen LogP contribution >= 0.6 is 11.3 Å². The average molecular weight is 401 g/mol. The lowest BCUT2D eigenvalue weighted by Crippen LogP contribution is -2.04. The Balaban J connectivity index is 1.66. The van der Waals surface area contributed by atoms with Gasteiger partial charge in [0.25, 0.3) is 5.19 Å². The van der Waals surface area contributed by atoms with Gasteiger partial charge in [-0.25, -0.2) is 9.97 Å². The third-order valence-corrected chi connectivity index (χ3v) is 4.80. The first-order chi connectivity index (χ1) is 14.3. The van der Waals surface area contributed by atoms with Crippen LogP contribution in [0.5, 0.6) is 10.9 Å². The van der Waals surface area contributed by atoms with Crippen molar-refractivity contribution < 1.29 is 4.74 Å². The zero-order valence-electron chi connectivity index (χ0n) is 15.2. The number of nitriles is 1. The van der Waals surface area contributed by atoms with Crippen LogP contribution in [-0.2, 0) is 6.42 Å². The Bertz CT molecular complexity index is 1150. The lowest BCUT2D eigenvalue weighted by molar-refractivity contribution is 0.474. The summed E-state index contributed by atoms with van der Waals surface area (Å²) >= 11 is 1.26. The van der Waals surface area contributed by atoms with Crippen LogP contribution in [0.2, 0.25) is 0 Å². The van der Waals surface area contributed by atoms with Crippen molar-refractivity contribution in [3.05, 3.63) is 66.1 Å². The summed E-state index contributed by atoms with van der Waals surface area (Å²) in [6, 6.07) is 12.8. The van der Waals surface area contributed by atoms with Gasteiger partial charge < -0.3 is 10.5 Å². The molecule has 0 atom stereocenters. The highest BCUT2D eigenvalue weighted by Crippen LogP contribution is 2.35. The van der Waals surface area contributed by atoms with Crippen LogP contribution in [0.25, 0.3) is 22.1 Å². The van der Waals surface area contributed by atoms with Crippen LogP contribution in [0, 0.1) is 11.3 Å². The maximum atomic E-state index is 9.26. The molecule has 3 heterocycles. The van der Waals surface area contributed by atoms with Crippen molar-refractivity contribution >= 4 is 11.3 Å². The predicted octanol–water partition coefficient (Wildman–Crippen LogP) is 3.22. The van der Waals surface area contributed by atoms with E-state index in [1.165, 1.54) is 11.3 Å². The molecule has 0 radical (unpaired) electrons. The van der Waals surface area contributed by atoms with Crippen molar-refractivity contribution in [2.45, 2.75) is 6.42 Å². The summed E-state index contributed by atoms with van der Waals surface area (Å²) in [6.07, 6.45) is 5.87. The van der Waals surface area contributed by atoms with E-state index in [2.05, 4.69) is 31.2 Å². The average Bonchev–Trinajstić information content (AvgIpc) is 3.24. The van der Waals surface area contributed by atoms with Crippen molar-refractivity contribution in [1.29, 1.82) is 5.26 Å². The minimum absolute atomic E-state index is 0.335. The highest BCUT2D eigenvalue weighted by molar-refractivity contribution is 7.16. The van der Waals surface area contributed by atoms with Gasteiger partial charge >= 0.3 is 0 Å². The monoisotopic (exact) mass is 401 g/mol. The van der Waals surface area contributed by atoms with Crippen LogP contribution in [0.1, 0.15) is 11.1 Å². The predicted molar refractivity (Wildman–Crippen MR) is 108 cm³/mol. The summed E-state index contributed by atoms with van der Waals surface area (Å²) in [7, 11) is 0. The number of nitrogens with two attached hydrogens (primary N) is 1. The highest BCUT2D eigenvalue weighted by atomic mass is 32.1. The van der Waals surface area contributed by atoms with E-state index >= 15 is 0 Å². The van der Waals surface area contributed by atoms with E-state index in [1.807, 2.05) is 18.2 Å². The normalized spacial score (nSPS) is 10.5. The Morgan fingerprint density at radius 1 is 1.07 bits per heavy atom. The molecular weight excluding hydrogens is 386 g/mol. The molecule has 2 N–H and O–H groups in total. The maximum Gasteiger partial charge on any atom is 0.299 e. The summed E-state index contributed by atoms with van der Waals surface area (Å²) in [4.78, 5) is 13.1. The molecule has 4 aromatic rings. The number of pyridine rings is 1. The zero-order valence-corrected chi connectivity index (χ0v) is 16.0. The first kappa shape index (κ1) is 18.6. The van der Waals surface area contributed by atoms with Crippen molar-refractivity contribution in [1.82, 2.24) is 25.1 Å². The van der Waals surface area contributed by atoms with E-state index in [4.69, 9.17) is 10.5 Å². The topological polar surface area (TPSA) is 123 Å². The molecule has 142 valence electrons. The molecule has 0 aliphatic carbocycles. The van der Waals surface area contributed by atoms with Crippen molar-refractivity contribution in [3.8, 4) is 39.1 Å². The van der Waals surface area contributed by atoms with Gasteiger partial charge in [0, 0.05) is 18.6 Å². The molecule has 0 spiro atoms. The molecule has 0 saturated carbocycles. The lowest BCUT2D eigenvalue weighted by Gasteiger charge is -2.09. The number of hydrogen-bond donors (Lipinski definition) is 1. The fourth-order valence-corrected chi connectivity index (χ4v) is 3.27. The van der Waals surface area contributed by atoms with Gasteiger partial charge in [0.05, 0.1) is 17.2 Å². The Hall–Kier alpha value is -3.74. The molecule has 0 aliphatic heterocycles. The third-order valence-electron chi connectivity index (χ3n) is 3.98. The second-order valence-corrected chi connectivity index (χ2v) is 6.91. The zero-order chi connectivity index (χ0) is 20.1. The van der Waals surface area contributed by atoms with Gasteiger partial charge in [-0.3, -0.25) is 4.98 Å². The molecule has 29 heavy (non-hydrogen) atoms. The second-order valence-electron chi connectivity index (χ2n) is 5.97. The van der Waals surface area contributed by atoms with E-state index in [0.717, 1.165) is 5.56 Å². The minimum atomic E-state index is 0.335. The SMILES string of the molecule is N#Cc1ccc(-c2ncc(CCN)cn2)c(Oc2nnc(-c3ccccn3)s2)c1. The van der Waals surface area contributed by atoms with Crippen molar-refractivity contribution in [2.75, 3.05) is 6.54 Å². The molecule has 0 amide bonds. The lowest BCUT2D eigenvalue weighted by atomic mass is 10.1. The minimum Gasteiger partial charge on any atom is -0.429 e. The largest absolute Gasteiger partial charge is 0.429 e. The summed E-state index contributed by atoms with van der Waals surface area (Å²) < 4.78 is 5.95. The molecule has 0 saturated heterocycles. The van der Waals surface area contributed by atoms with Gasteiger partial charge in [0.15, 0.2) is 10.8 Å². The smallest absolute Gasteiger partial charge is 0.299 e. The standard InChI is InChI=1S/C20H15N7OS/c21-7-6-14-11-24-18(25-12-14)15-5-4-13(10-22)9-17(15)28-20-27-26-19(29-20)16-3-1-2-8-23-16/h1-5,8-9,11-12H,6-7,21H2. The van der Waals surface area contributed by atoms with E-state index in [-0.39, 0.29) is 0 Å². The Morgan fingerprint density at radius 3 is 2.66 bits per heavy atom. The quantitative estimate of drug-likeness (QED) is 0.522. The van der Waals surface area contributed by atoms with Crippen LogP contribution in [0.15, 0.2) is 55.0 Å². The van der Waals surface area contributed by atoms with Gasteiger partial charge in [0.2, 0.25) is 0 Å².